The van der Waals surface area contributed by atoms with E-state index < -0.39 is 0 Å². The standard InChI is InChI=1S/C26H51NO2/c1-4-5-6-7-8-9-10-17-22-25(26(28-2)29-3)27(23-18-13-11-14-19-23)24-20-15-12-16-21-24/h23-26H,4-22H2,1-3H3. The number of unbranched alkanes of at least 4 members (excludes halogenated alkanes) is 7. The van der Waals surface area contributed by atoms with Crippen molar-refractivity contribution in [3.05, 3.63) is 0 Å². The van der Waals surface area contributed by atoms with Gasteiger partial charge < -0.3 is 9.47 Å². The van der Waals surface area contributed by atoms with Crippen molar-refractivity contribution >= 4 is 0 Å². The van der Waals surface area contributed by atoms with E-state index >= 15 is 0 Å². The van der Waals surface area contributed by atoms with Crippen LogP contribution in [-0.4, -0.2) is 43.5 Å². The van der Waals surface area contributed by atoms with Gasteiger partial charge in [0.15, 0.2) is 6.29 Å². The van der Waals surface area contributed by atoms with Gasteiger partial charge in [0, 0.05) is 26.3 Å². The predicted molar refractivity (Wildman–Crippen MR) is 124 cm³/mol. The minimum Gasteiger partial charge on any atom is -0.354 e. The Kier molecular flexibility index (Phi) is 13.6. The third kappa shape index (κ3) is 8.87. The molecule has 2 aliphatic carbocycles. The van der Waals surface area contributed by atoms with Gasteiger partial charge >= 0.3 is 0 Å². The molecule has 0 spiro atoms. The molecule has 0 aliphatic heterocycles. The minimum absolute atomic E-state index is 0.0802. The summed E-state index contributed by atoms with van der Waals surface area (Å²) in [4.78, 5) is 2.93. The fraction of sp³-hybridized carbons (Fsp3) is 1.00. The lowest BCUT2D eigenvalue weighted by atomic mass is 9.86. The zero-order chi connectivity index (χ0) is 20.7. The van der Waals surface area contributed by atoms with Gasteiger partial charge in [-0.05, 0) is 32.1 Å². The molecule has 0 radical (unpaired) electrons. The Hall–Kier alpha value is -0.120. The number of hydrogen-bond acceptors (Lipinski definition) is 3. The molecule has 2 fully saturated rings. The summed E-state index contributed by atoms with van der Waals surface area (Å²) < 4.78 is 11.8. The lowest BCUT2D eigenvalue weighted by molar-refractivity contribution is -0.165. The van der Waals surface area contributed by atoms with Crippen molar-refractivity contribution in [3.63, 3.8) is 0 Å². The molecule has 172 valence electrons. The van der Waals surface area contributed by atoms with E-state index in [1.165, 1.54) is 122 Å². The van der Waals surface area contributed by atoms with E-state index in [0.29, 0.717) is 6.04 Å². The fourth-order valence-electron chi connectivity index (χ4n) is 5.92. The molecule has 2 rings (SSSR count). The maximum Gasteiger partial charge on any atom is 0.172 e. The molecule has 0 aromatic carbocycles. The fourth-order valence-corrected chi connectivity index (χ4v) is 5.92. The first-order valence-corrected chi connectivity index (χ1v) is 13.1. The van der Waals surface area contributed by atoms with E-state index in [2.05, 4.69) is 11.8 Å². The summed E-state index contributed by atoms with van der Waals surface area (Å²) in [5.74, 6) is 0. The number of ether oxygens (including phenoxy) is 2. The highest BCUT2D eigenvalue weighted by molar-refractivity contribution is 4.90. The summed E-state index contributed by atoms with van der Waals surface area (Å²) in [6.07, 6.45) is 26.2. The molecular weight excluding hydrogens is 358 g/mol. The number of methoxy groups -OCH3 is 2. The second kappa shape index (κ2) is 15.6. The maximum absolute atomic E-state index is 5.88. The zero-order valence-corrected chi connectivity index (χ0v) is 20.0. The van der Waals surface area contributed by atoms with E-state index in [-0.39, 0.29) is 6.29 Å². The summed E-state index contributed by atoms with van der Waals surface area (Å²) in [5.41, 5.74) is 0. The molecule has 1 unspecified atom stereocenters. The highest BCUT2D eigenvalue weighted by Crippen LogP contribution is 2.34. The smallest absolute Gasteiger partial charge is 0.172 e. The minimum atomic E-state index is -0.0802. The highest BCUT2D eigenvalue weighted by Gasteiger charge is 2.37. The number of hydrogen-bond donors (Lipinski definition) is 0. The van der Waals surface area contributed by atoms with Crippen LogP contribution in [0.2, 0.25) is 0 Å². The molecule has 0 N–H and O–H groups in total. The molecule has 0 aromatic heterocycles. The van der Waals surface area contributed by atoms with Crippen molar-refractivity contribution in [2.24, 2.45) is 0 Å². The Morgan fingerprint density at radius 1 is 0.655 bits per heavy atom. The number of nitrogens with zero attached hydrogens (tertiary/aromatic N) is 1. The lowest BCUT2D eigenvalue weighted by Crippen LogP contribution is -2.55. The van der Waals surface area contributed by atoms with Gasteiger partial charge in [-0.25, -0.2) is 0 Å². The summed E-state index contributed by atoms with van der Waals surface area (Å²) in [6, 6.07) is 1.92. The van der Waals surface area contributed by atoms with Gasteiger partial charge in [-0.2, -0.15) is 0 Å². The molecule has 0 heterocycles. The van der Waals surface area contributed by atoms with E-state index in [1.54, 1.807) is 0 Å². The second-order valence-corrected chi connectivity index (χ2v) is 9.70. The Balaban J connectivity index is 1.95. The van der Waals surface area contributed by atoms with Crippen molar-refractivity contribution < 1.29 is 9.47 Å². The first-order valence-electron chi connectivity index (χ1n) is 13.1. The average Bonchev–Trinajstić information content (AvgIpc) is 2.77. The quantitative estimate of drug-likeness (QED) is 0.207. The van der Waals surface area contributed by atoms with Gasteiger partial charge in [-0.1, -0.05) is 96.8 Å². The zero-order valence-electron chi connectivity index (χ0n) is 20.0. The van der Waals surface area contributed by atoms with Crippen LogP contribution in [0.3, 0.4) is 0 Å². The van der Waals surface area contributed by atoms with E-state index in [1.807, 2.05) is 14.2 Å². The Bertz CT molecular complexity index is 355. The number of rotatable bonds is 15. The molecule has 3 nitrogen and oxygen atoms in total. The topological polar surface area (TPSA) is 21.7 Å². The Labute approximate surface area is 182 Å². The molecule has 2 aliphatic rings. The van der Waals surface area contributed by atoms with Crippen LogP contribution in [0.4, 0.5) is 0 Å². The summed E-state index contributed by atoms with van der Waals surface area (Å²) in [6.45, 7) is 2.30. The summed E-state index contributed by atoms with van der Waals surface area (Å²) in [5, 5.41) is 0. The molecule has 1 atom stereocenters. The Morgan fingerprint density at radius 2 is 1.10 bits per heavy atom. The first kappa shape index (κ1) is 25.1. The third-order valence-corrected chi connectivity index (χ3v) is 7.51. The van der Waals surface area contributed by atoms with Gasteiger partial charge in [-0.15, -0.1) is 0 Å². The van der Waals surface area contributed by atoms with Crippen LogP contribution in [0.25, 0.3) is 0 Å². The van der Waals surface area contributed by atoms with Crippen molar-refractivity contribution in [1.29, 1.82) is 0 Å². The predicted octanol–water partition coefficient (Wildman–Crippen LogP) is 7.47. The maximum atomic E-state index is 5.88. The van der Waals surface area contributed by atoms with Gasteiger partial charge in [0.25, 0.3) is 0 Å². The Morgan fingerprint density at radius 3 is 1.55 bits per heavy atom. The van der Waals surface area contributed by atoms with Gasteiger partial charge in [0.05, 0.1) is 6.04 Å². The molecule has 2 saturated carbocycles. The van der Waals surface area contributed by atoms with Gasteiger partial charge in [-0.3, -0.25) is 4.90 Å². The molecule has 0 bridgehead atoms. The molecule has 3 heteroatoms. The first-order chi connectivity index (χ1) is 14.3. The summed E-state index contributed by atoms with van der Waals surface area (Å²) in [7, 11) is 3.68. The lowest BCUT2D eigenvalue weighted by Gasteiger charge is -2.48. The van der Waals surface area contributed by atoms with Gasteiger partial charge in [0.1, 0.15) is 0 Å². The SMILES string of the molecule is CCCCCCCCCCC(C(OC)OC)N(C1CCCCC1)C1CCCCC1. The molecular formula is C26H51NO2. The van der Waals surface area contributed by atoms with Crippen LogP contribution in [-0.2, 0) is 9.47 Å². The van der Waals surface area contributed by atoms with E-state index in [0.717, 1.165) is 12.1 Å². The monoisotopic (exact) mass is 409 g/mol. The van der Waals surface area contributed by atoms with Crippen LogP contribution in [0.5, 0.6) is 0 Å². The largest absolute Gasteiger partial charge is 0.354 e. The van der Waals surface area contributed by atoms with Crippen LogP contribution in [0.1, 0.15) is 129 Å². The van der Waals surface area contributed by atoms with E-state index in [9.17, 15) is 0 Å². The molecule has 0 aromatic rings. The van der Waals surface area contributed by atoms with Crippen molar-refractivity contribution in [1.82, 2.24) is 4.90 Å². The van der Waals surface area contributed by atoms with Crippen LogP contribution in [0, 0.1) is 0 Å². The third-order valence-electron chi connectivity index (χ3n) is 7.51. The highest BCUT2D eigenvalue weighted by atomic mass is 16.7. The van der Waals surface area contributed by atoms with Crippen LogP contribution < -0.4 is 0 Å². The molecule has 0 amide bonds. The van der Waals surface area contributed by atoms with Gasteiger partial charge in [0.2, 0.25) is 0 Å². The van der Waals surface area contributed by atoms with Crippen molar-refractivity contribution in [2.45, 2.75) is 153 Å². The summed E-state index contributed by atoms with van der Waals surface area (Å²) >= 11 is 0. The molecule has 0 saturated heterocycles. The van der Waals surface area contributed by atoms with Crippen LogP contribution >= 0.6 is 0 Å². The normalized spacial score (nSPS) is 20.6. The molecule has 29 heavy (non-hydrogen) atoms. The van der Waals surface area contributed by atoms with E-state index in [4.69, 9.17) is 9.47 Å². The van der Waals surface area contributed by atoms with Crippen molar-refractivity contribution in [3.8, 4) is 0 Å². The van der Waals surface area contributed by atoms with Crippen molar-refractivity contribution in [2.75, 3.05) is 14.2 Å². The second-order valence-electron chi connectivity index (χ2n) is 9.70. The average molecular weight is 410 g/mol. The van der Waals surface area contributed by atoms with Crippen LogP contribution in [0.15, 0.2) is 0 Å².